The van der Waals surface area contributed by atoms with Crippen LogP contribution in [-0.4, -0.2) is 45.0 Å². The fourth-order valence-corrected chi connectivity index (χ4v) is 4.07. The quantitative estimate of drug-likeness (QED) is 0.856. The van der Waals surface area contributed by atoms with Crippen LogP contribution in [0.1, 0.15) is 29.5 Å². The molecule has 4 rings (SSSR count). The molecule has 0 aromatic carbocycles. The topological polar surface area (TPSA) is 68.2 Å². The SMILES string of the molecule is O=C(CCc1cncnc1)N1C[C@@H]2C[C@H](c3nccs3)O[C@@H]2C1. The van der Waals surface area contributed by atoms with Crippen molar-refractivity contribution in [2.45, 2.75) is 31.5 Å². The molecule has 2 aliphatic heterocycles. The van der Waals surface area contributed by atoms with E-state index in [9.17, 15) is 4.79 Å². The lowest BCUT2D eigenvalue weighted by Gasteiger charge is -2.18. The number of thiazole rings is 1. The van der Waals surface area contributed by atoms with Crippen LogP contribution in [0.5, 0.6) is 0 Å². The smallest absolute Gasteiger partial charge is 0.223 e. The maximum Gasteiger partial charge on any atom is 0.223 e. The molecule has 1 amide bonds. The molecule has 0 bridgehead atoms. The maximum atomic E-state index is 12.4. The Kier molecular flexibility index (Phi) is 4.05. The van der Waals surface area contributed by atoms with E-state index in [2.05, 4.69) is 15.0 Å². The van der Waals surface area contributed by atoms with Crippen molar-refractivity contribution in [3.63, 3.8) is 0 Å². The number of carbonyl (C=O) groups excluding carboxylic acids is 1. The van der Waals surface area contributed by atoms with E-state index in [4.69, 9.17) is 4.74 Å². The summed E-state index contributed by atoms with van der Waals surface area (Å²) in [6.07, 6.45) is 9.29. The summed E-state index contributed by atoms with van der Waals surface area (Å²) in [5, 5.41) is 3.04. The van der Waals surface area contributed by atoms with E-state index in [0.717, 1.165) is 23.5 Å². The van der Waals surface area contributed by atoms with E-state index >= 15 is 0 Å². The summed E-state index contributed by atoms with van der Waals surface area (Å²) < 4.78 is 6.11. The Bertz CT molecular complexity index is 650. The van der Waals surface area contributed by atoms with Crippen LogP contribution in [0.4, 0.5) is 0 Å². The van der Waals surface area contributed by atoms with Gasteiger partial charge in [0.1, 0.15) is 17.4 Å². The highest BCUT2D eigenvalue weighted by atomic mass is 32.1. The summed E-state index contributed by atoms with van der Waals surface area (Å²) in [6.45, 7) is 1.51. The molecule has 7 heteroatoms. The molecule has 6 nitrogen and oxygen atoms in total. The van der Waals surface area contributed by atoms with Crippen molar-refractivity contribution >= 4 is 17.2 Å². The molecule has 0 unspecified atom stereocenters. The van der Waals surface area contributed by atoms with Crippen LogP contribution >= 0.6 is 11.3 Å². The highest BCUT2D eigenvalue weighted by Gasteiger charge is 2.44. The van der Waals surface area contributed by atoms with Gasteiger partial charge in [-0.3, -0.25) is 4.79 Å². The molecule has 2 aromatic heterocycles. The van der Waals surface area contributed by atoms with Crippen molar-refractivity contribution in [1.82, 2.24) is 19.9 Å². The lowest BCUT2D eigenvalue weighted by Crippen LogP contribution is -2.30. The minimum atomic E-state index is 0.115. The number of hydrogen-bond donors (Lipinski definition) is 0. The molecule has 2 aromatic rings. The summed E-state index contributed by atoms with van der Waals surface area (Å²) in [4.78, 5) is 26.6. The number of carbonyl (C=O) groups is 1. The molecule has 0 aliphatic carbocycles. The van der Waals surface area contributed by atoms with E-state index in [1.165, 1.54) is 6.33 Å². The summed E-state index contributed by atoms with van der Waals surface area (Å²) in [5.41, 5.74) is 1.00. The van der Waals surface area contributed by atoms with E-state index in [0.29, 0.717) is 25.3 Å². The van der Waals surface area contributed by atoms with Gasteiger partial charge in [-0.1, -0.05) is 0 Å². The van der Waals surface area contributed by atoms with Gasteiger partial charge in [-0.2, -0.15) is 0 Å². The van der Waals surface area contributed by atoms with Crippen molar-refractivity contribution in [3.8, 4) is 0 Å². The average molecular weight is 330 g/mol. The first-order valence-electron chi connectivity index (χ1n) is 7.86. The van der Waals surface area contributed by atoms with E-state index in [1.807, 2.05) is 16.5 Å². The van der Waals surface area contributed by atoms with Crippen LogP contribution < -0.4 is 0 Å². The largest absolute Gasteiger partial charge is 0.366 e. The summed E-state index contributed by atoms with van der Waals surface area (Å²) >= 11 is 1.64. The molecular weight excluding hydrogens is 312 g/mol. The van der Waals surface area contributed by atoms with E-state index in [1.54, 1.807) is 23.7 Å². The molecule has 3 atom stereocenters. The summed E-state index contributed by atoms with van der Waals surface area (Å²) in [6, 6.07) is 0. The first-order valence-corrected chi connectivity index (χ1v) is 8.74. The number of aryl methyl sites for hydroxylation is 1. The lowest BCUT2D eigenvalue weighted by atomic mass is 10.0. The first-order chi connectivity index (χ1) is 11.3. The zero-order valence-electron chi connectivity index (χ0n) is 12.7. The van der Waals surface area contributed by atoms with Crippen LogP contribution in [-0.2, 0) is 16.0 Å². The predicted octanol–water partition coefficient (Wildman–Crippen LogP) is 1.85. The second kappa shape index (κ2) is 6.33. The molecule has 4 heterocycles. The minimum absolute atomic E-state index is 0.115. The molecule has 23 heavy (non-hydrogen) atoms. The molecule has 2 fully saturated rings. The van der Waals surface area contributed by atoms with Gasteiger partial charge in [0.15, 0.2) is 0 Å². The number of aromatic nitrogens is 3. The van der Waals surface area contributed by atoms with Crippen molar-refractivity contribution in [2.24, 2.45) is 5.92 Å². The normalized spacial score (nSPS) is 26.4. The third-order valence-electron chi connectivity index (χ3n) is 4.56. The predicted molar refractivity (Wildman–Crippen MR) is 84.8 cm³/mol. The van der Waals surface area contributed by atoms with Gasteiger partial charge in [0.2, 0.25) is 5.91 Å². The number of likely N-dealkylation sites (tertiary alicyclic amines) is 1. The highest BCUT2D eigenvalue weighted by molar-refractivity contribution is 7.09. The Hall–Kier alpha value is -1.86. The Balaban J connectivity index is 1.29. The van der Waals surface area contributed by atoms with Gasteiger partial charge in [0.25, 0.3) is 0 Å². The van der Waals surface area contributed by atoms with Gasteiger partial charge in [-0.25, -0.2) is 15.0 Å². The Morgan fingerprint density at radius 2 is 2.22 bits per heavy atom. The zero-order chi connectivity index (χ0) is 15.6. The first kappa shape index (κ1) is 14.7. The Morgan fingerprint density at radius 1 is 1.35 bits per heavy atom. The lowest BCUT2D eigenvalue weighted by molar-refractivity contribution is -0.131. The molecule has 120 valence electrons. The monoisotopic (exact) mass is 330 g/mol. The van der Waals surface area contributed by atoms with Gasteiger partial charge < -0.3 is 9.64 Å². The molecule has 0 saturated carbocycles. The highest BCUT2D eigenvalue weighted by Crippen LogP contribution is 2.41. The van der Waals surface area contributed by atoms with Gasteiger partial charge in [-0.05, 0) is 18.4 Å². The molecule has 0 N–H and O–H groups in total. The Morgan fingerprint density at radius 3 is 2.96 bits per heavy atom. The van der Waals surface area contributed by atoms with Gasteiger partial charge in [0, 0.05) is 49.4 Å². The maximum absolute atomic E-state index is 12.4. The van der Waals surface area contributed by atoms with Crippen LogP contribution in [0, 0.1) is 5.92 Å². The van der Waals surface area contributed by atoms with Gasteiger partial charge in [0.05, 0.1) is 6.10 Å². The number of nitrogens with zero attached hydrogens (tertiary/aromatic N) is 4. The fraction of sp³-hybridized carbons (Fsp3) is 0.500. The average Bonchev–Trinajstić information content (AvgIpc) is 3.28. The number of amides is 1. The summed E-state index contributed by atoms with van der Waals surface area (Å²) in [5.74, 6) is 0.630. The van der Waals surface area contributed by atoms with E-state index < -0.39 is 0 Å². The van der Waals surface area contributed by atoms with Crippen LogP contribution in [0.2, 0.25) is 0 Å². The summed E-state index contributed by atoms with van der Waals surface area (Å²) in [7, 11) is 0. The number of ether oxygens (including phenoxy) is 1. The molecule has 0 spiro atoms. The molecule has 2 saturated heterocycles. The van der Waals surface area contributed by atoms with Crippen molar-refractivity contribution in [1.29, 1.82) is 0 Å². The van der Waals surface area contributed by atoms with Crippen molar-refractivity contribution in [2.75, 3.05) is 13.1 Å². The Labute approximate surface area is 138 Å². The van der Waals surface area contributed by atoms with Crippen LogP contribution in [0.3, 0.4) is 0 Å². The standard InChI is InChI=1S/C16H18N4O2S/c21-15(2-1-11-6-17-10-18-7-11)20-8-12-5-13(22-14(12)9-20)16-19-3-4-23-16/h3-4,6-7,10,12-14H,1-2,5,8-9H2/t12-,13+,14+/m0/s1. The number of hydrogen-bond acceptors (Lipinski definition) is 6. The third kappa shape index (κ3) is 3.11. The zero-order valence-corrected chi connectivity index (χ0v) is 13.5. The van der Waals surface area contributed by atoms with Crippen LogP contribution in [0.15, 0.2) is 30.3 Å². The second-order valence-electron chi connectivity index (χ2n) is 6.07. The third-order valence-corrected chi connectivity index (χ3v) is 5.43. The second-order valence-corrected chi connectivity index (χ2v) is 7.00. The fourth-order valence-electron chi connectivity index (χ4n) is 3.39. The van der Waals surface area contributed by atoms with Crippen LogP contribution in [0.25, 0.3) is 0 Å². The van der Waals surface area contributed by atoms with Gasteiger partial charge >= 0.3 is 0 Å². The minimum Gasteiger partial charge on any atom is -0.366 e. The molecular formula is C16H18N4O2S. The van der Waals surface area contributed by atoms with Crippen molar-refractivity contribution in [3.05, 3.63) is 40.9 Å². The van der Waals surface area contributed by atoms with Gasteiger partial charge in [-0.15, -0.1) is 11.3 Å². The number of rotatable bonds is 4. The molecule has 2 aliphatic rings. The van der Waals surface area contributed by atoms with Crippen molar-refractivity contribution < 1.29 is 9.53 Å². The molecule has 0 radical (unpaired) electrons. The van der Waals surface area contributed by atoms with E-state index in [-0.39, 0.29) is 18.1 Å². The number of fused-ring (bicyclic) bond motifs is 1.